The molecule has 1 atom stereocenters. The van der Waals surface area contributed by atoms with Gasteiger partial charge in [-0.05, 0) is 12.5 Å². The Kier molecular flexibility index (Phi) is 6.97. The fourth-order valence-electron chi connectivity index (χ4n) is 1.88. The second-order valence-corrected chi connectivity index (χ2v) is 4.37. The van der Waals surface area contributed by atoms with E-state index in [0.29, 0.717) is 13.0 Å². The fraction of sp³-hybridized carbons (Fsp3) is 0.533. The Hall–Kier alpha value is -1.55. The van der Waals surface area contributed by atoms with E-state index >= 15 is 0 Å². The average Bonchev–Trinajstić information content (AvgIpc) is 2.46. The van der Waals surface area contributed by atoms with Crippen molar-refractivity contribution in [2.24, 2.45) is 0 Å². The zero-order valence-electron chi connectivity index (χ0n) is 11.9. The van der Waals surface area contributed by atoms with E-state index < -0.39 is 0 Å². The van der Waals surface area contributed by atoms with E-state index in [1.807, 2.05) is 24.3 Å². The van der Waals surface area contributed by atoms with E-state index in [4.69, 9.17) is 9.47 Å². The minimum atomic E-state index is -0.193. The molecule has 1 amide bonds. The minimum Gasteiger partial charge on any atom is -0.496 e. The van der Waals surface area contributed by atoms with Gasteiger partial charge in [0.25, 0.3) is 0 Å². The molecule has 0 bridgehead atoms. The molecule has 0 heterocycles. The number of para-hydroxylation sites is 1. The number of rotatable bonds is 8. The van der Waals surface area contributed by atoms with Gasteiger partial charge in [0.1, 0.15) is 11.9 Å². The van der Waals surface area contributed by atoms with Crippen molar-refractivity contribution in [3.8, 4) is 5.75 Å². The maximum atomic E-state index is 11.6. The molecule has 4 heteroatoms. The Balaban J connectivity index is 2.60. The molecule has 0 fully saturated rings. The zero-order chi connectivity index (χ0) is 14.1. The number of hydrogen-bond acceptors (Lipinski definition) is 3. The van der Waals surface area contributed by atoms with Crippen LogP contribution in [0.25, 0.3) is 0 Å². The number of nitrogens with one attached hydrogen (secondary N) is 1. The van der Waals surface area contributed by atoms with Crippen molar-refractivity contribution in [3.05, 3.63) is 29.8 Å². The Labute approximate surface area is 115 Å². The predicted molar refractivity (Wildman–Crippen MR) is 75.3 cm³/mol. The molecule has 1 N–H and O–H groups in total. The number of benzene rings is 1. The monoisotopic (exact) mass is 265 g/mol. The SMILES string of the molecule is CCCCC(=O)NCC(OC)c1ccccc1OC. The molecule has 1 unspecified atom stereocenters. The molecule has 4 nitrogen and oxygen atoms in total. The lowest BCUT2D eigenvalue weighted by atomic mass is 10.1. The van der Waals surface area contributed by atoms with Crippen molar-refractivity contribution >= 4 is 5.91 Å². The van der Waals surface area contributed by atoms with Crippen LogP contribution in [0.1, 0.15) is 37.9 Å². The van der Waals surface area contributed by atoms with E-state index in [1.165, 1.54) is 0 Å². The summed E-state index contributed by atoms with van der Waals surface area (Å²) in [4.78, 5) is 11.6. The summed E-state index contributed by atoms with van der Waals surface area (Å²) in [6.45, 7) is 2.53. The van der Waals surface area contributed by atoms with Crippen molar-refractivity contribution in [1.82, 2.24) is 5.32 Å². The Bertz CT molecular complexity index is 393. The normalized spacial score (nSPS) is 11.9. The summed E-state index contributed by atoms with van der Waals surface area (Å²) in [7, 11) is 3.26. The lowest BCUT2D eigenvalue weighted by molar-refractivity contribution is -0.121. The van der Waals surface area contributed by atoms with Crippen molar-refractivity contribution in [2.75, 3.05) is 20.8 Å². The highest BCUT2D eigenvalue weighted by Crippen LogP contribution is 2.26. The molecule has 0 saturated heterocycles. The Morgan fingerprint density at radius 3 is 2.68 bits per heavy atom. The van der Waals surface area contributed by atoms with Crippen LogP contribution < -0.4 is 10.1 Å². The van der Waals surface area contributed by atoms with E-state index in [0.717, 1.165) is 24.2 Å². The summed E-state index contributed by atoms with van der Waals surface area (Å²) in [6, 6.07) is 7.68. The average molecular weight is 265 g/mol. The van der Waals surface area contributed by atoms with Crippen LogP contribution in [0.5, 0.6) is 5.75 Å². The van der Waals surface area contributed by atoms with Gasteiger partial charge in [0.05, 0.1) is 7.11 Å². The second-order valence-electron chi connectivity index (χ2n) is 4.37. The third-order valence-electron chi connectivity index (χ3n) is 3.01. The molecule has 19 heavy (non-hydrogen) atoms. The van der Waals surface area contributed by atoms with E-state index in [1.54, 1.807) is 14.2 Å². The number of ether oxygens (including phenoxy) is 2. The largest absolute Gasteiger partial charge is 0.496 e. The van der Waals surface area contributed by atoms with Gasteiger partial charge in [-0.15, -0.1) is 0 Å². The van der Waals surface area contributed by atoms with Gasteiger partial charge in [-0.25, -0.2) is 0 Å². The van der Waals surface area contributed by atoms with E-state index in [2.05, 4.69) is 12.2 Å². The molecule has 0 saturated carbocycles. The van der Waals surface area contributed by atoms with Gasteiger partial charge in [-0.2, -0.15) is 0 Å². The van der Waals surface area contributed by atoms with Gasteiger partial charge in [-0.3, -0.25) is 4.79 Å². The number of amides is 1. The van der Waals surface area contributed by atoms with Crippen LogP contribution in [-0.4, -0.2) is 26.7 Å². The zero-order valence-corrected chi connectivity index (χ0v) is 11.9. The van der Waals surface area contributed by atoms with Crippen LogP contribution >= 0.6 is 0 Å². The molecule has 0 aromatic heterocycles. The lowest BCUT2D eigenvalue weighted by Gasteiger charge is -2.19. The number of carbonyl (C=O) groups is 1. The van der Waals surface area contributed by atoms with Crippen LogP contribution in [0.4, 0.5) is 0 Å². The third kappa shape index (κ3) is 4.91. The first-order valence-corrected chi connectivity index (χ1v) is 6.65. The van der Waals surface area contributed by atoms with Crippen LogP contribution in [0.2, 0.25) is 0 Å². The second kappa shape index (κ2) is 8.53. The predicted octanol–water partition coefficient (Wildman–Crippen LogP) is 2.69. The smallest absolute Gasteiger partial charge is 0.220 e. The van der Waals surface area contributed by atoms with Crippen LogP contribution in [0.3, 0.4) is 0 Å². The molecule has 0 aliphatic carbocycles. The number of carbonyl (C=O) groups excluding carboxylic acids is 1. The van der Waals surface area contributed by atoms with Crippen LogP contribution in [0, 0.1) is 0 Å². The Morgan fingerprint density at radius 2 is 2.05 bits per heavy atom. The summed E-state index contributed by atoms with van der Waals surface area (Å²) in [6.07, 6.45) is 2.31. The van der Waals surface area contributed by atoms with Crippen molar-refractivity contribution in [3.63, 3.8) is 0 Å². The first kappa shape index (κ1) is 15.5. The molecule has 106 valence electrons. The fourth-order valence-corrected chi connectivity index (χ4v) is 1.88. The van der Waals surface area contributed by atoms with Gasteiger partial charge in [-0.1, -0.05) is 31.5 Å². The highest BCUT2D eigenvalue weighted by Gasteiger charge is 2.15. The van der Waals surface area contributed by atoms with Gasteiger partial charge >= 0.3 is 0 Å². The van der Waals surface area contributed by atoms with Gasteiger partial charge in [0.15, 0.2) is 0 Å². The highest BCUT2D eigenvalue weighted by atomic mass is 16.5. The molecule has 0 spiro atoms. The van der Waals surface area contributed by atoms with E-state index in [9.17, 15) is 4.79 Å². The summed E-state index contributed by atoms with van der Waals surface area (Å²) in [5.41, 5.74) is 0.947. The lowest BCUT2D eigenvalue weighted by Crippen LogP contribution is -2.29. The van der Waals surface area contributed by atoms with Gasteiger partial charge < -0.3 is 14.8 Å². The molecule has 1 aromatic carbocycles. The maximum absolute atomic E-state index is 11.6. The minimum absolute atomic E-state index is 0.0683. The van der Waals surface area contributed by atoms with E-state index in [-0.39, 0.29) is 12.0 Å². The summed E-state index contributed by atoms with van der Waals surface area (Å²) < 4.78 is 10.7. The number of methoxy groups -OCH3 is 2. The summed E-state index contributed by atoms with van der Waals surface area (Å²) in [5.74, 6) is 0.843. The molecule has 1 aromatic rings. The van der Waals surface area contributed by atoms with Crippen LogP contribution in [-0.2, 0) is 9.53 Å². The van der Waals surface area contributed by atoms with Crippen molar-refractivity contribution in [1.29, 1.82) is 0 Å². The number of hydrogen-bond donors (Lipinski definition) is 1. The van der Waals surface area contributed by atoms with Crippen LogP contribution in [0.15, 0.2) is 24.3 Å². The van der Waals surface area contributed by atoms with Crippen molar-refractivity contribution in [2.45, 2.75) is 32.3 Å². The molecule has 1 rings (SSSR count). The summed E-state index contributed by atoms with van der Waals surface area (Å²) in [5, 5.41) is 2.90. The van der Waals surface area contributed by atoms with Crippen molar-refractivity contribution < 1.29 is 14.3 Å². The first-order valence-electron chi connectivity index (χ1n) is 6.65. The highest BCUT2D eigenvalue weighted by molar-refractivity contribution is 5.75. The quantitative estimate of drug-likeness (QED) is 0.786. The third-order valence-corrected chi connectivity index (χ3v) is 3.01. The number of unbranched alkanes of at least 4 members (excludes halogenated alkanes) is 1. The van der Waals surface area contributed by atoms with Gasteiger partial charge in [0.2, 0.25) is 5.91 Å². The molecule has 0 aliphatic rings. The maximum Gasteiger partial charge on any atom is 0.220 e. The topological polar surface area (TPSA) is 47.6 Å². The molecule has 0 radical (unpaired) electrons. The standard InChI is InChI=1S/C15H23NO3/c1-4-5-10-15(17)16-11-14(19-3)12-8-6-7-9-13(12)18-2/h6-9,14H,4-5,10-11H2,1-3H3,(H,16,17). The van der Waals surface area contributed by atoms with Gasteiger partial charge in [0, 0.05) is 25.6 Å². The first-order chi connectivity index (χ1) is 9.22. The summed E-state index contributed by atoms with van der Waals surface area (Å²) >= 11 is 0. The molecular weight excluding hydrogens is 242 g/mol. The Morgan fingerprint density at radius 1 is 1.32 bits per heavy atom. The molecule has 0 aliphatic heterocycles. The molecular formula is C15H23NO3.